The molecular weight excluding hydrogens is 519 g/mol. The van der Waals surface area contributed by atoms with E-state index in [1.54, 1.807) is 36.7 Å². The zero-order valence-corrected chi connectivity index (χ0v) is 21.7. The first-order chi connectivity index (χ1) is 19.5. The van der Waals surface area contributed by atoms with Gasteiger partial charge in [0.2, 0.25) is 0 Å². The van der Waals surface area contributed by atoms with E-state index in [9.17, 15) is 14.0 Å². The van der Waals surface area contributed by atoms with Crippen LogP contribution in [-0.4, -0.2) is 55.8 Å². The predicted octanol–water partition coefficient (Wildman–Crippen LogP) is 3.44. The summed E-state index contributed by atoms with van der Waals surface area (Å²) in [6.45, 7) is 0.761. The molecule has 2 aliphatic heterocycles. The third-order valence-electron chi connectivity index (χ3n) is 7.02. The zero-order valence-electron chi connectivity index (χ0n) is 21.7. The minimum Gasteiger partial charge on any atom is -0.493 e. The van der Waals surface area contributed by atoms with Crippen LogP contribution in [0.1, 0.15) is 22.3 Å². The lowest BCUT2D eigenvalue weighted by Crippen LogP contribution is -2.57. The van der Waals surface area contributed by atoms with Gasteiger partial charge >= 0.3 is 0 Å². The molecule has 206 valence electrons. The zero-order chi connectivity index (χ0) is 27.6. The SMILES string of the molecule is COc1ccc2cc1OCC(=O)NCc1cc(F)cc(c1)O[C@@H]1CCN(c3nccc4occc34)C[C@@H]1NC2=O. The lowest BCUT2D eigenvalue weighted by atomic mass is 10.0. The monoisotopic (exact) mass is 546 g/mol. The molecule has 10 nitrogen and oxygen atoms in total. The van der Waals surface area contributed by atoms with Gasteiger partial charge in [-0.2, -0.15) is 0 Å². The van der Waals surface area contributed by atoms with Crippen LogP contribution in [0.2, 0.25) is 0 Å². The Labute approximate surface area is 229 Å². The molecule has 4 aromatic rings. The smallest absolute Gasteiger partial charge is 0.258 e. The van der Waals surface area contributed by atoms with Gasteiger partial charge in [-0.1, -0.05) is 0 Å². The summed E-state index contributed by atoms with van der Waals surface area (Å²) < 4.78 is 37.4. The van der Waals surface area contributed by atoms with E-state index < -0.39 is 23.9 Å². The fraction of sp³-hybridized carbons (Fsp3) is 0.276. The summed E-state index contributed by atoms with van der Waals surface area (Å²) in [6.07, 6.45) is 3.37. The van der Waals surface area contributed by atoms with Gasteiger partial charge in [-0.15, -0.1) is 0 Å². The number of fused-ring (bicyclic) bond motifs is 6. The second-order valence-corrected chi connectivity index (χ2v) is 9.66. The van der Waals surface area contributed by atoms with E-state index in [2.05, 4.69) is 20.5 Å². The second kappa shape index (κ2) is 10.8. The molecule has 11 heteroatoms. The Morgan fingerprint density at radius 2 is 2.02 bits per heavy atom. The number of halogens is 1. The van der Waals surface area contributed by atoms with Crippen LogP contribution in [0.5, 0.6) is 17.2 Å². The van der Waals surface area contributed by atoms with Crippen LogP contribution in [0, 0.1) is 5.82 Å². The Balaban J connectivity index is 1.35. The Morgan fingerprint density at radius 1 is 1.12 bits per heavy atom. The van der Waals surface area contributed by atoms with Gasteiger partial charge in [0.05, 0.1) is 24.8 Å². The van der Waals surface area contributed by atoms with Crippen molar-refractivity contribution in [2.45, 2.75) is 25.1 Å². The highest BCUT2D eigenvalue weighted by Crippen LogP contribution is 2.31. The lowest BCUT2D eigenvalue weighted by molar-refractivity contribution is -0.123. The summed E-state index contributed by atoms with van der Waals surface area (Å²) >= 11 is 0. The van der Waals surface area contributed by atoms with E-state index in [0.717, 1.165) is 16.8 Å². The van der Waals surface area contributed by atoms with Gasteiger partial charge in [0.1, 0.15) is 29.1 Å². The maximum absolute atomic E-state index is 14.5. The van der Waals surface area contributed by atoms with E-state index in [0.29, 0.717) is 42.1 Å². The number of nitrogens with zero attached hydrogens (tertiary/aromatic N) is 2. The number of benzene rings is 2. The van der Waals surface area contributed by atoms with E-state index in [-0.39, 0.29) is 24.8 Å². The second-order valence-electron chi connectivity index (χ2n) is 9.66. The van der Waals surface area contributed by atoms with Gasteiger partial charge in [0.25, 0.3) is 11.8 Å². The average molecular weight is 547 g/mol. The van der Waals surface area contributed by atoms with Gasteiger partial charge < -0.3 is 34.2 Å². The number of anilines is 1. The minimum atomic E-state index is -0.493. The summed E-state index contributed by atoms with van der Waals surface area (Å²) in [5, 5.41) is 6.68. The topological polar surface area (TPSA) is 115 Å². The van der Waals surface area contributed by atoms with Crippen LogP contribution in [0.4, 0.5) is 10.2 Å². The standard InChI is InChI=1S/C29H27FN4O6/c1-37-25-3-2-18-12-26(25)39-16-27(35)32-14-17-10-19(30)13-20(11-17)40-24-5-8-34(15-22(24)33-29(18)36)28-21-6-9-38-23(21)4-7-31-28/h2-4,6-7,9-13,22,24H,5,8,14-16H2,1H3,(H,32,35)(H,33,36)/t22-,24+/m0/s1. The summed E-state index contributed by atoms with van der Waals surface area (Å²) in [5.74, 6) is 0.419. The Bertz CT molecular complexity index is 1570. The number of aromatic nitrogens is 1. The molecule has 0 unspecified atom stereocenters. The van der Waals surface area contributed by atoms with Crippen molar-refractivity contribution < 1.29 is 32.6 Å². The number of amides is 2. The molecule has 2 aliphatic rings. The summed E-state index contributed by atoms with van der Waals surface area (Å²) in [6, 6.07) is 12.3. The first kappa shape index (κ1) is 25.5. The highest BCUT2D eigenvalue weighted by atomic mass is 19.1. The molecule has 2 aromatic heterocycles. The number of ether oxygens (including phenoxy) is 3. The third kappa shape index (κ3) is 5.22. The largest absolute Gasteiger partial charge is 0.493 e. The number of rotatable bonds is 2. The van der Waals surface area contributed by atoms with Crippen molar-refractivity contribution in [2.24, 2.45) is 0 Å². The highest BCUT2D eigenvalue weighted by molar-refractivity contribution is 5.95. The number of carbonyl (C=O) groups excluding carboxylic acids is 2. The fourth-order valence-electron chi connectivity index (χ4n) is 5.08. The summed E-state index contributed by atoms with van der Waals surface area (Å²) in [5.41, 5.74) is 1.57. The van der Waals surface area contributed by atoms with Gasteiger partial charge in [-0.05, 0) is 48.0 Å². The number of methoxy groups -OCH3 is 1. The fourth-order valence-corrected chi connectivity index (χ4v) is 5.08. The molecule has 2 atom stereocenters. The number of carbonyl (C=O) groups is 2. The first-order valence-corrected chi connectivity index (χ1v) is 12.9. The number of furan rings is 1. The van der Waals surface area contributed by atoms with Crippen molar-refractivity contribution in [1.82, 2.24) is 15.6 Å². The predicted molar refractivity (Wildman–Crippen MR) is 143 cm³/mol. The van der Waals surface area contributed by atoms with E-state index in [4.69, 9.17) is 18.6 Å². The molecule has 1 fully saturated rings. The van der Waals surface area contributed by atoms with Gasteiger partial charge in [0, 0.05) is 43.9 Å². The normalized spacial score (nSPS) is 19.6. The van der Waals surface area contributed by atoms with Crippen LogP contribution in [-0.2, 0) is 11.3 Å². The first-order valence-electron chi connectivity index (χ1n) is 12.9. The molecular formula is C29H27FN4O6. The molecule has 2 N–H and O–H groups in total. The Kier molecular flexibility index (Phi) is 6.85. The molecule has 40 heavy (non-hydrogen) atoms. The van der Waals surface area contributed by atoms with Crippen molar-refractivity contribution in [3.63, 3.8) is 0 Å². The number of hydrogen-bond acceptors (Lipinski definition) is 8. The van der Waals surface area contributed by atoms with Crippen LogP contribution < -0.4 is 29.7 Å². The van der Waals surface area contributed by atoms with Gasteiger partial charge in [-0.25, -0.2) is 9.37 Å². The molecule has 0 spiro atoms. The maximum Gasteiger partial charge on any atom is 0.258 e. The number of pyridine rings is 1. The molecule has 4 heterocycles. The van der Waals surface area contributed by atoms with Crippen LogP contribution in [0.15, 0.2) is 65.4 Å². The van der Waals surface area contributed by atoms with Crippen molar-refractivity contribution in [1.29, 1.82) is 0 Å². The van der Waals surface area contributed by atoms with Gasteiger partial charge in [0.15, 0.2) is 18.1 Å². The molecule has 0 radical (unpaired) electrons. The molecule has 6 rings (SSSR count). The Morgan fingerprint density at radius 3 is 2.90 bits per heavy atom. The maximum atomic E-state index is 14.5. The summed E-state index contributed by atoms with van der Waals surface area (Å²) in [4.78, 5) is 32.6. The number of hydrogen-bond donors (Lipinski definition) is 2. The Hall–Kier alpha value is -4.80. The van der Waals surface area contributed by atoms with E-state index in [1.165, 1.54) is 25.3 Å². The van der Waals surface area contributed by atoms with Gasteiger partial charge in [-0.3, -0.25) is 9.59 Å². The van der Waals surface area contributed by atoms with E-state index >= 15 is 0 Å². The molecule has 0 saturated carbocycles. The molecule has 4 bridgehead atoms. The third-order valence-corrected chi connectivity index (χ3v) is 7.02. The number of piperidine rings is 1. The lowest BCUT2D eigenvalue weighted by Gasteiger charge is -2.39. The number of nitrogens with one attached hydrogen (secondary N) is 2. The van der Waals surface area contributed by atoms with Crippen molar-refractivity contribution in [3.05, 3.63) is 77.9 Å². The molecule has 0 aliphatic carbocycles. The van der Waals surface area contributed by atoms with Crippen LogP contribution in [0.3, 0.4) is 0 Å². The quantitative estimate of drug-likeness (QED) is 0.393. The highest BCUT2D eigenvalue weighted by Gasteiger charge is 2.34. The van der Waals surface area contributed by atoms with Crippen LogP contribution >= 0.6 is 0 Å². The molecule has 1 saturated heterocycles. The van der Waals surface area contributed by atoms with Crippen LogP contribution in [0.25, 0.3) is 11.0 Å². The molecule has 2 aromatic carbocycles. The van der Waals surface area contributed by atoms with E-state index in [1.807, 2.05) is 6.07 Å². The van der Waals surface area contributed by atoms with Crippen molar-refractivity contribution in [2.75, 3.05) is 31.7 Å². The molecule has 2 amide bonds. The van der Waals surface area contributed by atoms with Crippen molar-refractivity contribution in [3.8, 4) is 17.2 Å². The summed E-state index contributed by atoms with van der Waals surface area (Å²) in [7, 11) is 1.47. The average Bonchev–Trinajstić information content (AvgIpc) is 3.44. The van der Waals surface area contributed by atoms with Crippen molar-refractivity contribution >= 4 is 28.6 Å². The minimum absolute atomic E-state index is 0.0898.